The minimum atomic E-state index is -0.539. The van der Waals surface area contributed by atoms with E-state index in [1.54, 1.807) is 17.9 Å². The summed E-state index contributed by atoms with van der Waals surface area (Å²) in [5, 5.41) is 8.41. The number of aromatic nitrogens is 2. The van der Waals surface area contributed by atoms with Crippen LogP contribution < -0.4 is 5.48 Å². The molecular formula is C16H20N4O2. The number of benzene rings is 1. The quantitative estimate of drug-likeness (QED) is 0.412. The third-order valence-corrected chi connectivity index (χ3v) is 3.29. The maximum atomic E-state index is 10.9. The number of aromatic amines is 1. The van der Waals surface area contributed by atoms with Crippen molar-refractivity contribution in [1.82, 2.24) is 20.3 Å². The van der Waals surface area contributed by atoms with Gasteiger partial charge in [-0.2, -0.15) is 0 Å². The highest BCUT2D eigenvalue weighted by atomic mass is 16.5. The van der Waals surface area contributed by atoms with Crippen molar-refractivity contribution in [2.75, 3.05) is 13.6 Å². The first-order valence-electron chi connectivity index (χ1n) is 7.04. The number of amides is 1. The molecule has 1 aromatic heterocycles. The molecule has 1 heterocycles. The largest absolute Gasteiger partial charge is 0.348 e. The number of likely N-dealkylation sites (N-methyl/N-ethyl adjacent to an activating group) is 1. The Kier molecular flexibility index (Phi) is 5.88. The molecule has 116 valence electrons. The summed E-state index contributed by atoms with van der Waals surface area (Å²) < 4.78 is 0. The highest BCUT2D eigenvalue weighted by Crippen LogP contribution is 2.08. The standard InChI is InChI=1S/C16H20N4O2/c1-20(9-8-15-10-17-12-18-15)11-14-4-2-13(3-5-14)6-7-16(21)19-22/h2-7,10,12,22H,8-9,11H2,1H3,(H,17,18)(H,19,21)/b7-6+. The van der Waals surface area contributed by atoms with Gasteiger partial charge in [-0.25, -0.2) is 10.5 Å². The van der Waals surface area contributed by atoms with E-state index >= 15 is 0 Å². The molecule has 2 aromatic rings. The van der Waals surface area contributed by atoms with Crippen molar-refractivity contribution in [3.8, 4) is 0 Å². The summed E-state index contributed by atoms with van der Waals surface area (Å²) in [6.07, 6.45) is 7.41. The predicted octanol–water partition coefficient (Wildman–Crippen LogP) is 1.60. The van der Waals surface area contributed by atoms with Gasteiger partial charge in [0.05, 0.1) is 6.33 Å². The van der Waals surface area contributed by atoms with Crippen molar-refractivity contribution in [2.45, 2.75) is 13.0 Å². The first-order chi connectivity index (χ1) is 10.7. The Labute approximate surface area is 129 Å². The molecule has 6 nitrogen and oxygen atoms in total. The van der Waals surface area contributed by atoms with Crippen LogP contribution in [0.5, 0.6) is 0 Å². The predicted molar refractivity (Wildman–Crippen MR) is 84.0 cm³/mol. The summed E-state index contributed by atoms with van der Waals surface area (Å²) >= 11 is 0. The Morgan fingerprint density at radius 1 is 1.41 bits per heavy atom. The van der Waals surface area contributed by atoms with Crippen molar-refractivity contribution in [3.05, 3.63) is 59.7 Å². The van der Waals surface area contributed by atoms with Crippen molar-refractivity contribution < 1.29 is 10.0 Å². The summed E-state index contributed by atoms with van der Waals surface area (Å²) in [5.74, 6) is -0.539. The van der Waals surface area contributed by atoms with Crippen LogP contribution in [0.3, 0.4) is 0 Å². The number of nitrogens with one attached hydrogen (secondary N) is 2. The van der Waals surface area contributed by atoms with Gasteiger partial charge in [0, 0.05) is 37.5 Å². The van der Waals surface area contributed by atoms with Crippen molar-refractivity contribution >= 4 is 12.0 Å². The SMILES string of the molecule is CN(CCc1cnc[nH]1)Cc1ccc(/C=C/C(=O)NO)cc1. The third-order valence-electron chi connectivity index (χ3n) is 3.29. The second-order valence-electron chi connectivity index (χ2n) is 5.12. The van der Waals surface area contributed by atoms with Crippen LogP contribution in [-0.2, 0) is 17.8 Å². The first-order valence-corrected chi connectivity index (χ1v) is 7.04. The molecule has 0 saturated heterocycles. The molecule has 0 spiro atoms. The zero-order valence-electron chi connectivity index (χ0n) is 12.5. The Balaban J connectivity index is 1.82. The van der Waals surface area contributed by atoms with Gasteiger partial charge in [0.15, 0.2) is 0 Å². The van der Waals surface area contributed by atoms with Crippen molar-refractivity contribution in [1.29, 1.82) is 0 Å². The number of carbonyl (C=O) groups excluding carboxylic acids is 1. The lowest BCUT2D eigenvalue weighted by Crippen LogP contribution is -2.20. The van der Waals surface area contributed by atoms with Crippen LogP contribution in [-0.4, -0.2) is 39.6 Å². The van der Waals surface area contributed by atoms with E-state index in [4.69, 9.17) is 5.21 Å². The van der Waals surface area contributed by atoms with E-state index in [0.717, 1.165) is 30.8 Å². The lowest BCUT2D eigenvalue weighted by atomic mass is 10.1. The molecule has 0 unspecified atom stereocenters. The molecule has 0 aliphatic heterocycles. The lowest BCUT2D eigenvalue weighted by Gasteiger charge is -2.16. The Hall–Kier alpha value is -2.44. The minimum Gasteiger partial charge on any atom is -0.348 e. The summed E-state index contributed by atoms with van der Waals surface area (Å²) in [6.45, 7) is 1.80. The number of imidazole rings is 1. The maximum absolute atomic E-state index is 10.9. The average molecular weight is 300 g/mol. The topological polar surface area (TPSA) is 81.2 Å². The summed E-state index contributed by atoms with van der Waals surface area (Å²) in [7, 11) is 2.08. The monoisotopic (exact) mass is 300 g/mol. The van der Waals surface area contributed by atoms with Gasteiger partial charge in [0.2, 0.25) is 0 Å². The van der Waals surface area contributed by atoms with E-state index in [9.17, 15) is 4.79 Å². The maximum Gasteiger partial charge on any atom is 0.267 e. The number of nitrogens with zero attached hydrogens (tertiary/aromatic N) is 2. The van der Waals surface area contributed by atoms with Gasteiger partial charge in [-0.3, -0.25) is 10.0 Å². The van der Waals surface area contributed by atoms with Gasteiger partial charge >= 0.3 is 0 Å². The zero-order chi connectivity index (χ0) is 15.8. The molecule has 6 heteroatoms. The molecule has 0 saturated carbocycles. The Bertz CT molecular complexity index is 606. The van der Waals surface area contributed by atoms with E-state index in [1.807, 2.05) is 30.5 Å². The number of hydrogen-bond donors (Lipinski definition) is 3. The number of carbonyl (C=O) groups is 1. The number of rotatable bonds is 7. The Morgan fingerprint density at radius 3 is 2.82 bits per heavy atom. The molecule has 3 N–H and O–H groups in total. The zero-order valence-corrected chi connectivity index (χ0v) is 12.5. The fraction of sp³-hybridized carbons (Fsp3) is 0.250. The fourth-order valence-electron chi connectivity index (χ4n) is 2.07. The van der Waals surface area contributed by atoms with Crippen LogP contribution in [0, 0.1) is 0 Å². The van der Waals surface area contributed by atoms with Crippen molar-refractivity contribution in [3.63, 3.8) is 0 Å². The van der Waals surface area contributed by atoms with Crippen LogP contribution in [0.15, 0.2) is 42.9 Å². The van der Waals surface area contributed by atoms with Gasteiger partial charge < -0.3 is 9.88 Å². The van der Waals surface area contributed by atoms with Crippen LogP contribution >= 0.6 is 0 Å². The van der Waals surface area contributed by atoms with Gasteiger partial charge in [0.1, 0.15) is 0 Å². The molecular weight excluding hydrogens is 280 g/mol. The van der Waals surface area contributed by atoms with E-state index in [0.29, 0.717) is 0 Å². The number of H-pyrrole nitrogens is 1. The summed E-state index contributed by atoms with van der Waals surface area (Å²) in [5.41, 5.74) is 4.81. The van der Waals surface area contributed by atoms with Crippen LogP contribution in [0.1, 0.15) is 16.8 Å². The number of hydrogen-bond acceptors (Lipinski definition) is 4. The first kappa shape index (κ1) is 15.9. The van der Waals surface area contributed by atoms with Gasteiger partial charge in [-0.15, -0.1) is 0 Å². The third kappa shape index (κ3) is 5.16. The van der Waals surface area contributed by atoms with E-state index < -0.39 is 5.91 Å². The van der Waals surface area contributed by atoms with E-state index in [-0.39, 0.29) is 0 Å². The molecule has 2 rings (SSSR count). The second-order valence-corrected chi connectivity index (χ2v) is 5.12. The van der Waals surface area contributed by atoms with Crippen LogP contribution in [0.2, 0.25) is 0 Å². The highest BCUT2D eigenvalue weighted by Gasteiger charge is 2.02. The van der Waals surface area contributed by atoms with E-state index in [1.165, 1.54) is 11.6 Å². The lowest BCUT2D eigenvalue weighted by molar-refractivity contribution is -0.124. The second kappa shape index (κ2) is 8.11. The molecule has 0 aliphatic rings. The van der Waals surface area contributed by atoms with Gasteiger partial charge in [-0.1, -0.05) is 24.3 Å². The molecule has 0 aliphatic carbocycles. The molecule has 0 radical (unpaired) electrons. The van der Waals surface area contributed by atoms with Crippen LogP contribution in [0.4, 0.5) is 0 Å². The highest BCUT2D eigenvalue weighted by molar-refractivity contribution is 5.90. The van der Waals surface area contributed by atoms with Crippen LogP contribution in [0.25, 0.3) is 6.08 Å². The summed E-state index contributed by atoms with van der Waals surface area (Å²) in [4.78, 5) is 20.2. The number of hydroxylamine groups is 1. The van der Waals surface area contributed by atoms with Gasteiger partial charge in [0.25, 0.3) is 5.91 Å². The molecule has 22 heavy (non-hydrogen) atoms. The molecule has 0 fully saturated rings. The van der Waals surface area contributed by atoms with Gasteiger partial charge in [-0.05, 0) is 24.3 Å². The molecule has 1 amide bonds. The fourth-order valence-corrected chi connectivity index (χ4v) is 2.07. The van der Waals surface area contributed by atoms with Crippen molar-refractivity contribution in [2.24, 2.45) is 0 Å². The normalized spacial score (nSPS) is 11.2. The average Bonchev–Trinajstić information content (AvgIpc) is 3.05. The molecule has 1 aromatic carbocycles. The van der Waals surface area contributed by atoms with E-state index in [2.05, 4.69) is 21.9 Å². The molecule has 0 bridgehead atoms. The minimum absolute atomic E-state index is 0.539. The smallest absolute Gasteiger partial charge is 0.267 e. The summed E-state index contributed by atoms with van der Waals surface area (Å²) in [6, 6.07) is 7.95. The molecule has 0 atom stereocenters. The Morgan fingerprint density at radius 2 is 2.18 bits per heavy atom.